The lowest BCUT2D eigenvalue weighted by Crippen LogP contribution is -2.35. The average molecular weight is 411 g/mol. The number of halogens is 1. The molecule has 0 bridgehead atoms. The highest BCUT2D eigenvalue weighted by Crippen LogP contribution is 2.27. The highest BCUT2D eigenvalue weighted by Gasteiger charge is 2.28. The van der Waals surface area contributed by atoms with Crippen LogP contribution in [0, 0.1) is 5.82 Å². The number of hydrogen-bond acceptors (Lipinski definition) is 5. The van der Waals surface area contributed by atoms with Gasteiger partial charge in [-0.15, -0.1) is 0 Å². The van der Waals surface area contributed by atoms with E-state index in [-0.39, 0.29) is 18.1 Å². The van der Waals surface area contributed by atoms with Gasteiger partial charge in [-0.2, -0.15) is 5.10 Å². The van der Waals surface area contributed by atoms with Crippen molar-refractivity contribution in [2.75, 3.05) is 0 Å². The molecule has 30 heavy (non-hydrogen) atoms. The second-order valence-electron chi connectivity index (χ2n) is 7.21. The number of aromatic nitrogens is 2. The van der Waals surface area contributed by atoms with Crippen LogP contribution in [0.5, 0.6) is 0 Å². The Morgan fingerprint density at radius 3 is 2.73 bits per heavy atom. The number of benzene rings is 1. The van der Waals surface area contributed by atoms with Gasteiger partial charge in [-0.05, 0) is 69.0 Å². The molecule has 0 radical (unpaired) electrons. The number of ether oxygens (including phenoxy) is 1. The Morgan fingerprint density at radius 2 is 2.00 bits per heavy atom. The van der Waals surface area contributed by atoms with E-state index in [2.05, 4.69) is 10.4 Å². The molecule has 0 aliphatic heterocycles. The molecule has 1 aliphatic carbocycles. The van der Waals surface area contributed by atoms with Gasteiger partial charge in [0.2, 0.25) is 0 Å². The third kappa shape index (κ3) is 4.12. The van der Waals surface area contributed by atoms with Gasteiger partial charge in [0.25, 0.3) is 5.91 Å². The minimum atomic E-state index is -0.984. The molecule has 0 saturated heterocycles. The summed E-state index contributed by atoms with van der Waals surface area (Å²) in [6.45, 7) is 1.72. The molecule has 2 heterocycles. The van der Waals surface area contributed by atoms with Crippen LogP contribution < -0.4 is 5.32 Å². The van der Waals surface area contributed by atoms with E-state index in [0.717, 1.165) is 30.5 Å². The fourth-order valence-electron chi connectivity index (χ4n) is 3.56. The third-order valence-corrected chi connectivity index (χ3v) is 5.11. The van der Waals surface area contributed by atoms with Gasteiger partial charge in [-0.25, -0.2) is 13.9 Å². The Bertz CT molecular complexity index is 1040. The van der Waals surface area contributed by atoms with Gasteiger partial charge in [0.15, 0.2) is 11.8 Å². The van der Waals surface area contributed by atoms with E-state index in [0.29, 0.717) is 17.9 Å². The lowest BCUT2D eigenvalue weighted by molar-refractivity contribution is -0.129. The van der Waals surface area contributed by atoms with Crippen molar-refractivity contribution in [3.63, 3.8) is 0 Å². The van der Waals surface area contributed by atoms with E-state index in [4.69, 9.17) is 9.15 Å². The van der Waals surface area contributed by atoms with Crippen LogP contribution in [-0.2, 0) is 28.9 Å². The Labute approximate surface area is 172 Å². The molecular formula is C22H22FN3O4. The van der Waals surface area contributed by atoms with Crippen molar-refractivity contribution in [2.45, 2.75) is 45.3 Å². The van der Waals surface area contributed by atoms with Crippen molar-refractivity contribution < 1.29 is 23.1 Å². The van der Waals surface area contributed by atoms with Crippen LogP contribution in [0.1, 0.15) is 47.3 Å². The largest absolute Gasteiger partial charge is 0.467 e. The summed E-state index contributed by atoms with van der Waals surface area (Å²) >= 11 is 0. The van der Waals surface area contributed by atoms with Crippen LogP contribution >= 0.6 is 0 Å². The zero-order valence-electron chi connectivity index (χ0n) is 16.6. The number of nitrogens with zero attached hydrogens (tertiary/aromatic N) is 2. The Kier molecular flexibility index (Phi) is 5.65. The molecule has 1 aromatic carbocycles. The maximum Gasteiger partial charge on any atom is 0.359 e. The van der Waals surface area contributed by atoms with E-state index in [1.54, 1.807) is 28.9 Å². The lowest BCUT2D eigenvalue weighted by Gasteiger charge is -2.15. The van der Waals surface area contributed by atoms with E-state index >= 15 is 0 Å². The number of carbonyl (C=O) groups is 2. The zero-order chi connectivity index (χ0) is 21.1. The first-order chi connectivity index (χ1) is 14.5. The van der Waals surface area contributed by atoms with Gasteiger partial charge < -0.3 is 14.5 Å². The molecule has 2 aromatic heterocycles. The summed E-state index contributed by atoms with van der Waals surface area (Å²) in [6.07, 6.45) is 3.95. The van der Waals surface area contributed by atoms with E-state index < -0.39 is 18.0 Å². The molecule has 4 rings (SSSR count). The molecule has 1 unspecified atom stereocenters. The number of rotatable bonds is 6. The number of hydrogen-bond donors (Lipinski definition) is 1. The Morgan fingerprint density at radius 1 is 1.23 bits per heavy atom. The maximum atomic E-state index is 13.3. The molecule has 8 heteroatoms. The summed E-state index contributed by atoms with van der Waals surface area (Å²) in [4.78, 5) is 25.1. The number of amides is 1. The van der Waals surface area contributed by atoms with Crippen LogP contribution in [0.3, 0.4) is 0 Å². The van der Waals surface area contributed by atoms with Crippen molar-refractivity contribution >= 4 is 11.9 Å². The highest BCUT2D eigenvalue weighted by molar-refractivity contribution is 5.92. The van der Waals surface area contributed by atoms with Gasteiger partial charge in [0, 0.05) is 11.3 Å². The standard InChI is InChI=1S/C22H22FN3O4/c1-14(21(27)24-13-17-5-4-12-29-17)30-22(28)20-18-6-2-3-7-19(18)26(25-20)16-10-8-15(23)9-11-16/h4-5,8-12,14H,2-3,6-7,13H2,1H3,(H,24,27). The summed E-state index contributed by atoms with van der Waals surface area (Å²) in [5, 5.41) is 7.13. The Hall–Kier alpha value is -3.42. The topological polar surface area (TPSA) is 86.4 Å². The van der Waals surface area contributed by atoms with Gasteiger partial charge in [-0.1, -0.05) is 0 Å². The molecule has 7 nitrogen and oxygen atoms in total. The van der Waals surface area contributed by atoms with E-state index in [9.17, 15) is 14.0 Å². The molecule has 1 amide bonds. The molecule has 0 saturated carbocycles. The van der Waals surface area contributed by atoms with Crippen LogP contribution in [0.15, 0.2) is 47.1 Å². The summed E-state index contributed by atoms with van der Waals surface area (Å²) in [5.74, 6) is -0.802. The van der Waals surface area contributed by atoms with E-state index in [1.165, 1.54) is 25.3 Å². The molecule has 1 N–H and O–H groups in total. The molecular weight excluding hydrogens is 389 g/mol. The number of fused-ring (bicyclic) bond motifs is 1. The fraction of sp³-hybridized carbons (Fsp3) is 0.318. The third-order valence-electron chi connectivity index (χ3n) is 5.11. The molecule has 1 aliphatic rings. The van der Waals surface area contributed by atoms with Gasteiger partial charge in [0.05, 0.1) is 18.5 Å². The van der Waals surface area contributed by atoms with Crippen molar-refractivity contribution in [3.8, 4) is 5.69 Å². The molecule has 1 atom stereocenters. The van der Waals surface area contributed by atoms with Crippen molar-refractivity contribution in [2.24, 2.45) is 0 Å². The second-order valence-corrected chi connectivity index (χ2v) is 7.21. The van der Waals surface area contributed by atoms with Crippen molar-refractivity contribution in [1.29, 1.82) is 0 Å². The predicted molar refractivity (Wildman–Crippen MR) is 106 cm³/mol. The smallest absolute Gasteiger partial charge is 0.359 e. The molecule has 0 fully saturated rings. The SMILES string of the molecule is CC(OC(=O)c1nn(-c2ccc(F)cc2)c2c1CCCC2)C(=O)NCc1ccco1. The minimum Gasteiger partial charge on any atom is -0.467 e. The molecule has 3 aromatic rings. The predicted octanol–water partition coefficient (Wildman–Crippen LogP) is 3.34. The minimum absolute atomic E-state index is 0.208. The first-order valence-electron chi connectivity index (χ1n) is 9.90. The van der Waals surface area contributed by atoms with Gasteiger partial charge >= 0.3 is 5.97 Å². The first-order valence-corrected chi connectivity index (χ1v) is 9.90. The lowest BCUT2D eigenvalue weighted by atomic mass is 9.95. The number of esters is 1. The number of carbonyl (C=O) groups excluding carboxylic acids is 2. The van der Waals surface area contributed by atoms with Crippen molar-refractivity contribution in [3.05, 3.63) is 71.2 Å². The average Bonchev–Trinajstić information content (AvgIpc) is 3.40. The highest BCUT2D eigenvalue weighted by atomic mass is 19.1. The van der Waals surface area contributed by atoms with Crippen LogP contribution in [0.25, 0.3) is 5.69 Å². The summed E-state index contributed by atoms with van der Waals surface area (Å²) in [5.41, 5.74) is 2.64. The Balaban J connectivity index is 1.50. The summed E-state index contributed by atoms with van der Waals surface area (Å²) in [7, 11) is 0. The second kappa shape index (κ2) is 8.52. The van der Waals surface area contributed by atoms with Gasteiger partial charge in [-0.3, -0.25) is 4.79 Å². The normalized spacial score (nSPS) is 14.1. The van der Waals surface area contributed by atoms with Crippen molar-refractivity contribution in [1.82, 2.24) is 15.1 Å². The van der Waals surface area contributed by atoms with Gasteiger partial charge in [0.1, 0.15) is 11.6 Å². The van der Waals surface area contributed by atoms with E-state index in [1.807, 2.05) is 0 Å². The zero-order valence-corrected chi connectivity index (χ0v) is 16.6. The summed E-state index contributed by atoms with van der Waals surface area (Å²) < 4.78 is 25.5. The molecule has 0 spiro atoms. The number of furan rings is 1. The van der Waals surface area contributed by atoms with Crippen LogP contribution in [0.2, 0.25) is 0 Å². The number of nitrogens with one attached hydrogen (secondary N) is 1. The quantitative estimate of drug-likeness (QED) is 0.629. The molecule has 156 valence electrons. The fourth-order valence-corrected chi connectivity index (χ4v) is 3.56. The maximum absolute atomic E-state index is 13.3. The first kappa shape index (κ1) is 19.9. The van der Waals surface area contributed by atoms with Crippen LogP contribution in [0.4, 0.5) is 4.39 Å². The summed E-state index contributed by atoms with van der Waals surface area (Å²) in [6, 6.07) is 9.43. The van der Waals surface area contributed by atoms with Crippen LogP contribution in [-0.4, -0.2) is 27.8 Å². The monoisotopic (exact) mass is 411 g/mol.